The van der Waals surface area contributed by atoms with Gasteiger partial charge < -0.3 is 9.47 Å². The molecular formula is C18H21ClO2. The van der Waals surface area contributed by atoms with Crippen molar-refractivity contribution in [1.29, 1.82) is 0 Å². The average molecular weight is 305 g/mol. The number of ether oxygens (including phenoxy) is 2. The van der Waals surface area contributed by atoms with Crippen LogP contribution >= 0.6 is 11.6 Å². The van der Waals surface area contributed by atoms with Gasteiger partial charge in [0.25, 0.3) is 0 Å². The topological polar surface area (TPSA) is 18.5 Å². The predicted molar refractivity (Wildman–Crippen MR) is 87.0 cm³/mol. The van der Waals surface area contributed by atoms with E-state index in [0.717, 1.165) is 23.3 Å². The van der Waals surface area contributed by atoms with Crippen LogP contribution in [0.25, 0.3) is 0 Å². The van der Waals surface area contributed by atoms with Crippen LogP contribution in [0.1, 0.15) is 36.0 Å². The molecule has 0 fully saturated rings. The van der Waals surface area contributed by atoms with Gasteiger partial charge in [0.15, 0.2) is 0 Å². The lowest BCUT2D eigenvalue weighted by Crippen LogP contribution is -2.07. The predicted octanol–water partition coefficient (Wildman–Crippen LogP) is 5.14. The minimum Gasteiger partial charge on any atom is -0.497 e. The standard InChI is InChI=1S/C18H21ClO2/c1-3-21-18(15-9-11-16(20-2)12-10-15)13-17(19)14-7-5-4-6-8-14/h4-12,17-18H,3,13H2,1-2H3. The minimum absolute atomic E-state index is 0.0105. The Bertz CT molecular complexity index is 525. The maximum atomic E-state index is 6.54. The molecule has 2 atom stereocenters. The van der Waals surface area contributed by atoms with E-state index in [1.807, 2.05) is 49.4 Å². The molecule has 0 N–H and O–H groups in total. The first-order valence-electron chi connectivity index (χ1n) is 7.19. The average Bonchev–Trinajstić information content (AvgIpc) is 2.55. The van der Waals surface area contributed by atoms with Crippen molar-refractivity contribution in [2.24, 2.45) is 0 Å². The van der Waals surface area contributed by atoms with Gasteiger partial charge in [-0.25, -0.2) is 0 Å². The molecule has 112 valence electrons. The van der Waals surface area contributed by atoms with Gasteiger partial charge in [0.2, 0.25) is 0 Å². The van der Waals surface area contributed by atoms with Gasteiger partial charge in [-0.1, -0.05) is 42.5 Å². The van der Waals surface area contributed by atoms with Crippen LogP contribution in [-0.2, 0) is 4.74 Å². The highest BCUT2D eigenvalue weighted by atomic mass is 35.5. The molecule has 0 amide bonds. The lowest BCUT2D eigenvalue weighted by molar-refractivity contribution is 0.0554. The third-order valence-electron chi connectivity index (χ3n) is 3.44. The molecular weight excluding hydrogens is 284 g/mol. The van der Waals surface area contributed by atoms with E-state index in [1.165, 1.54) is 0 Å². The molecule has 0 aliphatic rings. The van der Waals surface area contributed by atoms with Gasteiger partial charge >= 0.3 is 0 Å². The number of benzene rings is 2. The molecule has 2 aromatic rings. The van der Waals surface area contributed by atoms with Crippen molar-refractivity contribution >= 4 is 11.6 Å². The second-order valence-corrected chi connectivity index (χ2v) is 5.36. The second kappa shape index (κ2) is 8.06. The van der Waals surface area contributed by atoms with Crippen molar-refractivity contribution in [3.8, 4) is 5.75 Å². The van der Waals surface area contributed by atoms with Gasteiger partial charge in [-0.15, -0.1) is 11.6 Å². The molecule has 2 rings (SSSR count). The zero-order valence-electron chi connectivity index (χ0n) is 12.5. The van der Waals surface area contributed by atoms with Gasteiger partial charge in [-0.3, -0.25) is 0 Å². The Hall–Kier alpha value is -1.51. The van der Waals surface area contributed by atoms with Gasteiger partial charge in [0.05, 0.1) is 18.6 Å². The summed E-state index contributed by atoms with van der Waals surface area (Å²) < 4.78 is 11.1. The summed E-state index contributed by atoms with van der Waals surface area (Å²) in [6, 6.07) is 18.1. The lowest BCUT2D eigenvalue weighted by atomic mass is 10.0. The fourth-order valence-corrected chi connectivity index (χ4v) is 2.61. The molecule has 3 heteroatoms. The van der Waals surface area contributed by atoms with E-state index in [4.69, 9.17) is 21.1 Å². The molecule has 0 aliphatic heterocycles. The molecule has 0 spiro atoms. The molecule has 0 radical (unpaired) electrons. The SMILES string of the molecule is CCOC(CC(Cl)c1ccccc1)c1ccc(OC)cc1. The molecule has 0 heterocycles. The van der Waals surface area contributed by atoms with Gasteiger partial charge in [0.1, 0.15) is 5.75 Å². The molecule has 0 bridgehead atoms. The third-order valence-corrected chi connectivity index (χ3v) is 3.87. The smallest absolute Gasteiger partial charge is 0.118 e. The van der Waals surface area contributed by atoms with E-state index in [1.54, 1.807) is 7.11 Å². The number of methoxy groups -OCH3 is 1. The maximum Gasteiger partial charge on any atom is 0.118 e. The summed E-state index contributed by atoms with van der Waals surface area (Å²) in [6.45, 7) is 2.66. The van der Waals surface area contributed by atoms with Crippen molar-refractivity contribution in [2.75, 3.05) is 13.7 Å². The van der Waals surface area contributed by atoms with Crippen LogP contribution < -0.4 is 4.74 Å². The van der Waals surface area contributed by atoms with E-state index in [9.17, 15) is 0 Å². The summed E-state index contributed by atoms with van der Waals surface area (Å²) >= 11 is 6.54. The number of alkyl halides is 1. The monoisotopic (exact) mass is 304 g/mol. The Balaban J connectivity index is 2.11. The molecule has 0 aromatic heterocycles. The Labute approximate surface area is 131 Å². The number of hydrogen-bond donors (Lipinski definition) is 0. The first kappa shape index (κ1) is 15.9. The largest absolute Gasteiger partial charge is 0.497 e. The van der Waals surface area contributed by atoms with Crippen molar-refractivity contribution < 1.29 is 9.47 Å². The quantitative estimate of drug-likeness (QED) is 0.659. The van der Waals surface area contributed by atoms with Crippen LogP contribution in [-0.4, -0.2) is 13.7 Å². The molecule has 2 aromatic carbocycles. The first-order chi connectivity index (χ1) is 10.2. The first-order valence-corrected chi connectivity index (χ1v) is 7.62. The van der Waals surface area contributed by atoms with E-state index in [0.29, 0.717) is 6.61 Å². The zero-order chi connectivity index (χ0) is 15.1. The number of rotatable bonds is 7. The van der Waals surface area contributed by atoms with Crippen LogP contribution in [0, 0.1) is 0 Å². The van der Waals surface area contributed by atoms with Crippen LogP contribution in [0.2, 0.25) is 0 Å². The highest BCUT2D eigenvalue weighted by Crippen LogP contribution is 2.34. The Morgan fingerprint density at radius 3 is 2.19 bits per heavy atom. The van der Waals surface area contributed by atoms with Crippen molar-refractivity contribution in [3.05, 3.63) is 65.7 Å². The molecule has 2 nitrogen and oxygen atoms in total. The Morgan fingerprint density at radius 1 is 0.952 bits per heavy atom. The molecule has 0 saturated heterocycles. The van der Waals surface area contributed by atoms with Crippen LogP contribution in [0.15, 0.2) is 54.6 Å². The Kier molecular flexibility index (Phi) is 6.09. The minimum atomic E-state index is -0.0650. The number of halogens is 1. The van der Waals surface area contributed by atoms with Crippen molar-refractivity contribution in [3.63, 3.8) is 0 Å². The van der Waals surface area contributed by atoms with Crippen molar-refractivity contribution in [2.45, 2.75) is 24.8 Å². The van der Waals surface area contributed by atoms with E-state index in [2.05, 4.69) is 12.1 Å². The molecule has 0 aliphatic carbocycles. The van der Waals surface area contributed by atoms with Gasteiger partial charge in [-0.2, -0.15) is 0 Å². The van der Waals surface area contributed by atoms with Gasteiger partial charge in [-0.05, 0) is 36.6 Å². The van der Waals surface area contributed by atoms with Gasteiger partial charge in [0, 0.05) is 6.61 Å². The maximum absolute atomic E-state index is 6.54. The van der Waals surface area contributed by atoms with E-state index < -0.39 is 0 Å². The summed E-state index contributed by atoms with van der Waals surface area (Å²) in [5.74, 6) is 0.847. The fourth-order valence-electron chi connectivity index (χ4n) is 2.31. The normalized spacial score (nSPS) is 13.7. The summed E-state index contributed by atoms with van der Waals surface area (Å²) in [4.78, 5) is 0. The summed E-state index contributed by atoms with van der Waals surface area (Å²) in [7, 11) is 1.67. The van der Waals surface area contributed by atoms with E-state index in [-0.39, 0.29) is 11.5 Å². The van der Waals surface area contributed by atoms with Crippen LogP contribution in [0.4, 0.5) is 0 Å². The summed E-state index contributed by atoms with van der Waals surface area (Å²) in [6.07, 6.45) is 0.731. The number of hydrogen-bond acceptors (Lipinski definition) is 2. The second-order valence-electron chi connectivity index (χ2n) is 4.83. The third kappa shape index (κ3) is 4.48. The highest BCUT2D eigenvalue weighted by Gasteiger charge is 2.18. The highest BCUT2D eigenvalue weighted by molar-refractivity contribution is 6.20. The van der Waals surface area contributed by atoms with Crippen LogP contribution in [0.5, 0.6) is 5.75 Å². The molecule has 2 unspecified atom stereocenters. The van der Waals surface area contributed by atoms with Crippen LogP contribution in [0.3, 0.4) is 0 Å². The zero-order valence-corrected chi connectivity index (χ0v) is 13.2. The van der Waals surface area contributed by atoms with Crippen molar-refractivity contribution in [1.82, 2.24) is 0 Å². The summed E-state index contributed by atoms with van der Waals surface area (Å²) in [5.41, 5.74) is 2.25. The molecule has 0 saturated carbocycles. The van der Waals surface area contributed by atoms with E-state index >= 15 is 0 Å². The lowest BCUT2D eigenvalue weighted by Gasteiger charge is -2.21. The fraction of sp³-hybridized carbons (Fsp3) is 0.333. The summed E-state index contributed by atoms with van der Waals surface area (Å²) in [5, 5.41) is -0.0650. The Morgan fingerprint density at radius 2 is 1.62 bits per heavy atom. The molecule has 21 heavy (non-hydrogen) atoms.